The number of carbonyl (C=O) groups is 1. The third kappa shape index (κ3) is 6.77. The first kappa shape index (κ1) is 23.2. The van der Waals surface area contributed by atoms with E-state index in [1.807, 2.05) is 0 Å². The van der Waals surface area contributed by atoms with Crippen LogP contribution in [0.15, 0.2) is 46.9 Å². The van der Waals surface area contributed by atoms with Crippen molar-refractivity contribution in [2.24, 2.45) is 10.1 Å². The Morgan fingerprint density at radius 1 is 1.06 bits per heavy atom. The number of urea groups is 1. The fourth-order valence-electron chi connectivity index (χ4n) is 3.16. The van der Waals surface area contributed by atoms with Crippen LogP contribution in [0.5, 0.6) is 11.5 Å². The lowest BCUT2D eigenvalue weighted by Gasteiger charge is -2.19. The van der Waals surface area contributed by atoms with E-state index in [-0.39, 0.29) is 17.6 Å². The van der Waals surface area contributed by atoms with Gasteiger partial charge < -0.3 is 26.2 Å². The highest BCUT2D eigenvalue weighted by molar-refractivity contribution is 7.91. The van der Waals surface area contributed by atoms with Gasteiger partial charge in [-0.15, -0.1) is 4.40 Å². The van der Waals surface area contributed by atoms with Crippen LogP contribution in [0.4, 0.5) is 10.5 Å². The SMILES string of the molecule is NC1=NS(=O)(=O)Nc2cccc(OCCCCCCNC(=O)NCc3ccc(O)cc3)c21. The van der Waals surface area contributed by atoms with Crippen molar-refractivity contribution in [3.63, 3.8) is 0 Å². The fraction of sp³-hybridized carbons (Fsp3) is 0.333. The summed E-state index contributed by atoms with van der Waals surface area (Å²) in [5, 5.41) is 14.8. The lowest BCUT2D eigenvalue weighted by molar-refractivity contribution is 0.240. The molecule has 2 aromatic rings. The number of benzene rings is 2. The van der Waals surface area contributed by atoms with Crippen molar-refractivity contribution in [3.05, 3.63) is 53.6 Å². The molecule has 0 spiro atoms. The van der Waals surface area contributed by atoms with E-state index >= 15 is 0 Å². The number of nitrogens with one attached hydrogen (secondary N) is 3. The average Bonchev–Trinajstić information content (AvgIpc) is 2.74. The molecule has 172 valence electrons. The summed E-state index contributed by atoms with van der Waals surface area (Å²) in [6, 6.07) is 11.4. The largest absolute Gasteiger partial charge is 0.508 e. The van der Waals surface area contributed by atoms with E-state index in [9.17, 15) is 18.3 Å². The van der Waals surface area contributed by atoms with E-state index < -0.39 is 10.2 Å². The number of aromatic hydroxyl groups is 1. The zero-order valence-corrected chi connectivity index (χ0v) is 18.3. The predicted molar refractivity (Wildman–Crippen MR) is 122 cm³/mol. The van der Waals surface area contributed by atoms with Crippen molar-refractivity contribution in [1.29, 1.82) is 0 Å². The van der Waals surface area contributed by atoms with Crippen LogP contribution in [0, 0.1) is 0 Å². The molecular weight excluding hydrogens is 434 g/mol. The number of unbranched alkanes of at least 4 members (excludes halogenated alkanes) is 3. The molecular formula is C21H27N5O5S. The predicted octanol–water partition coefficient (Wildman–Crippen LogP) is 2.21. The van der Waals surface area contributed by atoms with Gasteiger partial charge in [0.25, 0.3) is 0 Å². The van der Waals surface area contributed by atoms with Crippen LogP contribution in [0.3, 0.4) is 0 Å². The van der Waals surface area contributed by atoms with Gasteiger partial charge >= 0.3 is 16.2 Å². The molecule has 11 heteroatoms. The highest BCUT2D eigenvalue weighted by Crippen LogP contribution is 2.30. The highest BCUT2D eigenvalue weighted by atomic mass is 32.2. The van der Waals surface area contributed by atoms with E-state index in [1.165, 1.54) is 0 Å². The molecule has 0 unspecified atom stereocenters. The molecule has 2 aromatic carbocycles. The van der Waals surface area contributed by atoms with Gasteiger partial charge in [-0.2, -0.15) is 8.42 Å². The maximum absolute atomic E-state index is 11.8. The Morgan fingerprint density at radius 3 is 2.59 bits per heavy atom. The van der Waals surface area contributed by atoms with Crippen LogP contribution in [0.25, 0.3) is 0 Å². The van der Waals surface area contributed by atoms with Gasteiger partial charge in [0.2, 0.25) is 0 Å². The molecule has 32 heavy (non-hydrogen) atoms. The number of ether oxygens (including phenoxy) is 1. The number of phenols is 1. The van der Waals surface area contributed by atoms with E-state index in [4.69, 9.17) is 10.5 Å². The van der Waals surface area contributed by atoms with Gasteiger partial charge in [0.1, 0.15) is 11.5 Å². The molecule has 6 N–H and O–H groups in total. The number of amidine groups is 1. The summed E-state index contributed by atoms with van der Waals surface area (Å²) in [5.74, 6) is 0.583. The molecule has 10 nitrogen and oxygen atoms in total. The fourth-order valence-corrected chi connectivity index (χ4v) is 4.00. The number of hydrogen-bond acceptors (Lipinski definition) is 6. The number of rotatable bonds is 10. The molecule has 0 bridgehead atoms. The number of anilines is 1. The zero-order valence-electron chi connectivity index (χ0n) is 17.5. The van der Waals surface area contributed by atoms with Crippen LogP contribution in [-0.2, 0) is 16.8 Å². The molecule has 0 saturated heterocycles. The zero-order chi connectivity index (χ0) is 23.0. The molecule has 1 aliphatic rings. The van der Waals surface area contributed by atoms with Gasteiger partial charge in [-0.3, -0.25) is 4.72 Å². The molecule has 0 radical (unpaired) electrons. The summed E-state index contributed by atoms with van der Waals surface area (Å²) in [7, 11) is -3.81. The second kappa shape index (κ2) is 10.7. The molecule has 0 aliphatic carbocycles. The molecule has 2 amide bonds. The topological polar surface area (TPSA) is 155 Å². The molecule has 0 saturated carbocycles. The lowest BCUT2D eigenvalue weighted by atomic mass is 10.1. The third-order valence-electron chi connectivity index (χ3n) is 4.74. The van der Waals surface area contributed by atoms with Crippen LogP contribution in [-0.4, -0.2) is 38.5 Å². The Labute approximate surface area is 187 Å². The summed E-state index contributed by atoms with van der Waals surface area (Å²) in [4.78, 5) is 11.8. The van der Waals surface area contributed by atoms with Gasteiger partial charge in [-0.25, -0.2) is 4.79 Å². The van der Waals surface area contributed by atoms with Crippen LogP contribution in [0.1, 0.15) is 36.8 Å². The minimum Gasteiger partial charge on any atom is -0.508 e. The second-order valence-electron chi connectivity index (χ2n) is 7.27. The summed E-state index contributed by atoms with van der Waals surface area (Å²) in [5.41, 5.74) is 7.50. The number of nitrogens with two attached hydrogens (primary N) is 1. The quantitative estimate of drug-likeness (QED) is 0.342. The van der Waals surface area contributed by atoms with E-state index in [0.29, 0.717) is 36.7 Å². The van der Waals surface area contributed by atoms with Gasteiger partial charge in [-0.1, -0.05) is 31.0 Å². The Hall–Kier alpha value is -3.47. The van der Waals surface area contributed by atoms with Crippen LogP contribution in [0.2, 0.25) is 0 Å². The summed E-state index contributed by atoms with van der Waals surface area (Å²) < 4.78 is 34.8. The lowest BCUT2D eigenvalue weighted by Crippen LogP contribution is -2.35. The van der Waals surface area contributed by atoms with Crippen molar-refractivity contribution in [1.82, 2.24) is 10.6 Å². The molecule has 0 fully saturated rings. The number of carbonyl (C=O) groups excluding carboxylic acids is 1. The van der Waals surface area contributed by atoms with Crippen molar-refractivity contribution < 1.29 is 23.1 Å². The minimum atomic E-state index is -3.81. The van der Waals surface area contributed by atoms with Crippen molar-refractivity contribution in [2.45, 2.75) is 32.2 Å². The third-order valence-corrected chi connectivity index (χ3v) is 5.66. The normalized spacial score (nSPS) is 13.9. The van der Waals surface area contributed by atoms with Gasteiger partial charge in [0.05, 0.1) is 17.9 Å². The first-order valence-corrected chi connectivity index (χ1v) is 11.7. The number of nitrogens with zero attached hydrogens (tertiary/aromatic N) is 1. The molecule has 0 aromatic heterocycles. The summed E-state index contributed by atoms with van der Waals surface area (Å²) in [6.07, 6.45) is 3.49. The minimum absolute atomic E-state index is 0.0934. The number of fused-ring (bicyclic) bond motifs is 1. The smallest absolute Gasteiger partial charge is 0.344 e. The molecule has 3 rings (SSSR count). The maximum Gasteiger partial charge on any atom is 0.344 e. The Morgan fingerprint density at radius 2 is 1.81 bits per heavy atom. The monoisotopic (exact) mass is 461 g/mol. The highest BCUT2D eigenvalue weighted by Gasteiger charge is 2.24. The standard InChI is InChI=1S/C21H27N5O5S/c22-20-19-17(25-32(29,30)26-20)6-5-7-18(19)31-13-4-2-1-3-12-23-21(28)24-14-15-8-10-16(27)11-9-15/h5-11,25,27H,1-4,12-14H2,(H2,22,26)(H2,23,24,28). The van der Waals surface area contributed by atoms with Crippen LogP contribution < -0.4 is 25.8 Å². The van der Waals surface area contributed by atoms with Crippen molar-refractivity contribution in [3.8, 4) is 11.5 Å². The maximum atomic E-state index is 11.8. The van der Waals surface area contributed by atoms with E-state index in [0.717, 1.165) is 31.2 Å². The molecule has 1 heterocycles. The summed E-state index contributed by atoms with van der Waals surface area (Å²) >= 11 is 0. The molecule has 1 aliphatic heterocycles. The van der Waals surface area contributed by atoms with Gasteiger partial charge in [0.15, 0.2) is 5.84 Å². The second-order valence-corrected chi connectivity index (χ2v) is 8.61. The van der Waals surface area contributed by atoms with E-state index in [1.54, 1.807) is 42.5 Å². The number of hydrogen-bond donors (Lipinski definition) is 5. The Balaban J connectivity index is 1.29. The number of amides is 2. The van der Waals surface area contributed by atoms with Crippen molar-refractivity contribution >= 4 is 27.8 Å². The summed E-state index contributed by atoms with van der Waals surface area (Å²) in [6.45, 7) is 1.42. The Bertz CT molecular complexity index is 1070. The first-order valence-electron chi connectivity index (χ1n) is 10.3. The van der Waals surface area contributed by atoms with Gasteiger partial charge in [0, 0.05) is 13.1 Å². The average molecular weight is 462 g/mol. The van der Waals surface area contributed by atoms with Gasteiger partial charge in [-0.05, 0) is 42.7 Å². The first-order chi connectivity index (χ1) is 15.3. The Kier molecular flexibility index (Phi) is 7.77. The van der Waals surface area contributed by atoms with E-state index in [2.05, 4.69) is 19.8 Å². The van der Waals surface area contributed by atoms with Crippen LogP contribution >= 0.6 is 0 Å². The van der Waals surface area contributed by atoms with Crippen molar-refractivity contribution in [2.75, 3.05) is 17.9 Å². The number of phenolic OH excluding ortho intramolecular Hbond substituents is 1. The molecule has 0 atom stereocenters.